The van der Waals surface area contributed by atoms with Gasteiger partial charge in [0.1, 0.15) is 17.4 Å². The fraction of sp³-hybridized carbons (Fsp3) is 0.500. The highest BCUT2D eigenvalue weighted by molar-refractivity contribution is 5.90. The van der Waals surface area contributed by atoms with Crippen molar-refractivity contribution in [3.8, 4) is 11.3 Å². The summed E-state index contributed by atoms with van der Waals surface area (Å²) in [6.07, 6.45) is -2.81. The first-order chi connectivity index (χ1) is 12.3. The van der Waals surface area contributed by atoms with Crippen molar-refractivity contribution in [2.75, 3.05) is 19.8 Å². The Hall–Kier alpha value is -2.33. The number of carboxylic acid groups (broad SMARTS) is 1. The van der Waals surface area contributed by atoms with Gasteiger partial charge in [-0.3, -0.25) is 4.68 Å². The van der Waals surface area contributed by atoms with E-state index in [4.69, 9.17) is 19.0 Å². The molecule has 2 aromatic rings. The molecular formula is C16H15F3N2O5. The van der Waals surface area contributed by atoms with E-state index in [1.165, 1.54) is 4.68 Å². The third-order valence-corrected chi connectivity index (χ3v) is 4.43. The third-order valence-electron chi connectivity index (χ3n) is 4.43. The van der Waals surface area contributed by atoms with E-state index in [0.717, 1.165) is 0 Å². The van der Waals surface area contributed by atoms with Crippen LogP contribution in [0, 0.1) is 0 Å². The van der Waals surface area contributed by atoms with Crippen molar-refractivity contribution >= 4 is 5.97 Å². The standard InChI is InChI=1S/C16H15F3N2O5/c17-16(18,19)12-11-10(26-14(12)15(22)23)2-1-8-5-21(20-13(8)11)6-9-7-24-3-4-25-9/h5,9H,1-4,6-7H2,(H,22,23)/t9-/m1/s1. The lowest BCUT2D eigenvalue weighted by atomic mass is 9.93. The number of aryl methyl sites for hydroxylation is 2. The highest BCUT2D eigenvalue weighted by atomic mass is 19.4. The maximum Gasteiger partial charge on any atom is 0.421 e. The molecule has 2 aromatic heterocycles. The summed E-state index contributed by atoms with van der Waals surface area (Å²) in [5.74, 6) is -2.83. The lowest BCUT2D eigenvalue weighted by Crippen LogP contribution is -2.32. The zero-order chi connectivity index (χ0) is 18.5. The maximum absolute atomic E-state index is 13.5. The van der Waals surface area contributed by atoms with Crippen molar-refractivity contribution < 1.29 is 37.0 Å². The molecule has 0 radical (unpaired) electrons. The molecule has 1 saturated heterocycles. The second kappa shape index (κ2) is 6.13. The van der Waals surface area contributed by atoms with Crippen LogP contribution in [0.25, 0.3) is 11.3 Å². The lowest BCUT2D eigenvalue weighted by Gasteiger charge is -2.22. The Labute approximate surface area is 145 Å². The van der Waals surface area contributed by atoms with Gasteiger partial charge >= 0.3 is 12.1 Å². The molecule has 10 heteroatoms. The number of furan rings is 1. The van der Waals surface area contributed by atoms with Crippen LogP contribution in [-0.4, -0.2) is 46.8 Å². The van der Waals surface area contributed by atoms with E-state index in [0.29, 0.717) is 38.3 Å². The summed E-state index contributed by atoms with van der Waals surface area (Å²) in [6, 6.07) is 0. The van der Waals surface area contributed by atoms with Gasteiger partial charge in [-0.2, -0.15) is 18.3 Å². The number of fused-ring (bicyclic) bond motifs is 3. The summed E-state index contributed by atoms with van der Waals surface area (Å²) in [5, 5.41) is 13.4. The average molecular weight is 372 g/mol. The monoisotopic (exact) mass is 372 g/mol. The molecule has 1 fully saturated rings. The fourth-order valence-electron chi connectivity index (χ4n) is 3.37. The topological polar surface area (TPSA) is 86.7 Å². The summed E-state index contributed by atoms with van der Waals surface area (Å²) in [7, 11) is 0. The first-order valence-corrected chi connectivity index (χ1v) is 8.06. The minimum absolute atomic E-state index is 0.00437. The SMILES string of the molecule is O=C(O)c1oc2c(c1C(F)(F)F)-c1nn(C[C@@H]3COCCO3)cc1CC2. The van der Waals surface area contributed by atoms with Crippen LogP contribution in [0.3, 0.4) is 0 Å². The first kappa shape index (κ1) is 17.1. The van der Waals surface area contributed by atoms with Gasteiger partial charge in [-0.05, 0) is 12.0 Å². The Morgan fingerprint density at radius 3 is 2.81 bits per heavy atom. The van der Waals surface area contributed by atoms with Gasteiger partial charge in [-0.25, -0.2) is 4.79 Å². The molecule has 26 heavy (non-hydrogen) atoms. The van der Waals surface area contributed by atoms with Crippen LogP contribution in [0.4, 0.5) is 13.2 Å². The van der Waals surface area contributed by atoms with Crippen molar-refractivity contribution in [2.24, 2.45) is 0 Å². The van der Waals surface area contributed by atoms with Gasteiger partial charge < -0.3 is 19.0 Å². The van der Waals surface area contributed by atoms with Crippen LogP contribution in [0.15, 0.2) is 10.6 Å². The molecule has 1 aliphatic heterocycles. The van der Waals surface area contributed by atoms with E-state index >= 15 is 0 Å². The molecule has 0 amide bonds. The van der Waals surface area contributed by atoms with Crippen molar-refractivity contribution in [3.05, 3.63) is 28.8 Å². The Balaban J connectivity index is 1.75. The Bertz CT molecular complexity index is 849. The predicted molar refractivity (Wildman–Crippen MR) is 79.9 cm³/mol. The van der Waals surface area contributed by atoms with Crippen LogP contribution in [-0.2, 0) is 35.0 Å². The molecule has 140 valence electrons. The molecule has 4 rings (SSSR count). The normalized spacial score (nSPS) is 19.9. The summed E-state index contributed by atoms with van der Waals surface area (Å²) in [5.41, 5.74) is -0.803. The Morgan fingerprint density at radius 2 is 2.15 bits per heavy atom. The zero-order valence-electron chi connectivity index (χ0n) is 13.5. The van der Waals surface area contributed by atoms with Crippen molar-refractivity contribution in [1.82, 2.24) is 9.78 Å². The number of aromatic carboxylic acids is 1. The minimum atomic E-state index is -4.86. The molecule has 2 aliphatic rings. The number of hydrogen-bond acceptors (Lipinski definition) is 5. The minimum Gasteiger partial charge on any atom is -0.475 e. The second-order valence-corrected chi connectivity index (χ2v) is 6.20. The van der Waals surface area contributed by atoms with E-state index in [1.807, 2.05) is 0 Å². The highest BCUT2D eigenvalue weighted by Crippen LogP contribution is 2.46. The van der Waals surface area contributed by atoms with Crippen LogP contribution in [0.5, 0.6) is 0 Å². The van der Waals surface area contributed by atoms with Crippen LogP contribution < -0.4 is 0 Å². The molecule has 0 bridgehead atoms. The van der Waals surface area contributed by atoms with E-state index in [9.17, 15) is 18.0 Å². The second-order valence-electron chi connectivity index (χ2n) is 6.20. The molecule has 1 N–H and O–H groups in total. The predicted octanol–water partition coefficient (Wildman–Crippen LogP) is 2.37. The smallest absolute Gasteiger partial charge is 0.421 e. The molecule has 1 atom stereocenters. The number of halogens is 3. The number of hydrogen-bond donors (Lipinski definition) is 1. The van der Waals surface area contributed by atoms with Crippen LogP contribution >= 0.6 is 0 Å². The maximum atomic E-state index is 13.5. The molecule has 0 unspecified atom stereocenters. The van der Waals surface area contributed by atoms with E-state index < -0.39 is 23.5 Å². The Morgan fingerprint density at radius 1 is 1.35 bits per heavy atom. The van der Waals surface area contributed by atoms with Gasteiger partial charge in [-0.15, -0.1) is 0 Å². The van der Waals surface area contributed by atoms with Gasteiger partial charge in [0, 0.05) is 12.6 Å². The van der Waals surface area contributed by atoms with Gasteiger partial charge in [0.15, 0.2) is 0 Å². The molecule has 1 aliphatic carbocycles. The zero-order valence-corrected chi connectivity index (χ0v) is 13.5. The number of alkyl halides is 3. The summed E-state index contributed by atoms with van der Waals surface area (Å²) >= 11 is 0. The summed E-state index contributed by atoms with van der Waals surface area (Å²) < 4.78 is 57.9. The molecule has 3 heterocycles. The average Bonchev–Trinajstić information content (AvgIpc) is 3.15. The van der Waals surface area contributed by atoms with Crippen LogP contribution in [0.1, 0.15) is 27.4 Å². The van der Waals surface area contributed by atoms with Gasteiger partial charge in [0.2, 0.25) is 5.76 Å². The van der Waals surface area contributed by atoms with Crippen LogP contribution in [0.2, 0.25) is 0 Å². The lowest BCUT2D eigenvalue weighted by molar-refractivity contribution is -0.138. The summed E-state index contributed by atoms with van der Waals surface area (Å²) in [6.45, 7) is 1.70. The highest BCUT2D eigenvalue weighted by Gasteiger charge is 2.45. The fourth-order valence-corrected chi connectivity index (χ4v) is 3.37. The van der Waals surface area contributed by atoms with Gasteiger partial charge in [0.25, 0.3) is 0 Å². The Kier molecular flexibility index (Phi) is 4.03. The molecular weight excluding hydrogens is 357 g/mol. The number of carbonyl (C=O) groups is 1. The van der Waals surface area contributed by atoms with E-state index in [2.05, 4.69) is 5.10 Å². The summed E-state index contributed by atoms with van der Waals surface area (Å²) in [4.78, 5) is 11.2. The first-order valence-electron chi connectivity index (χ1n) is 8.06. The molecule has 0 aromatic carbocycles. The quantitative estimate of drug-likeness (QED) is 0.890. The van der Waals surface area contributed by atoms with E-state index in [-0.39, 0.29) is 29.5 Å². The number of aromatic nitrogens is 2. The van der Waals surface area contributed by atoms with Crippen molar-refractivity contribution in [1.29, 1.82) is 0 Å². The number of ether oxygens (including phenoxy) is 2. The van der Waals surface area contributed by atoms with E-state index in [1.54, 1.807) is 6.20 Å². The molecule has 0 saturated carbocycles. The third kappa shape index (κ3) is 2.88. The van der Waals surface area contributed by atoms with Gasteiger partial charge in [-0.1, -0.05) is 0 Å². The largest absolute Gasteiger partial charge is 0.475 e. The van der Waals surface area contributed by atoms with Gasteiger partial charge in [0.05, 0.1) is 37.6 Å². The van der Waals surface area contributed by atoms with Crippen molar-refractivity contribution in [2.45, 2.75) is 31.7 Å². The number of nitrogens with zero attached hydrogens (tertiary/aromatic N) is 2. The number of carboxylic acids is 1. The molecule has 0 spiro atoms. The number of rotatable bonds is 3. The van der Waals surface area contributed by atoms with Crippen molar-refractivity contribution in [3.63, 3.8) is 0 Å². The molecule has 7 nitrogen and oxygen atoms in total.